The molecule has 0 saturated carbocycles. The average Bonchev–Trinajstić information content (AvgIpc) is 2.85. The first kappa shape index (κ1) is 25.1. The number of pyridine rings is 1. The number of amides is 1. The van der Waals surface area contributed by atoms with Crippen LogP contribution in [0.1, 0.15) is 15.9 Å². The Labute approximate surface area is 202 Å². The van der Waals surface area contributed by atoms with E-state index in [0.717, 1.165) is 17.7 Å². The first-order valence-corrected chi connectivity index (χ1v) is 11.2. The number of methoxy groups -OCH3 is 2. The molecular formula is C27H34N4O3. The van der Waals surface area contributed by atoms with Crippen LogP contribution < -0.4 is 14.4 Å². The van der Waals surface area contributed by atoms with E-state index >= 15 is 0 Å². The number of hydrogen-bond donors (Lipinski definition) is 0. The van der Waals surface area contributed by atoms with Crippen LogP contribution in [0.15, 0.2) is 60.7 Å². The van der Waals surface area contributed by atoms with Crippen molar-refractivity contribution in [3.63, 3.8) is 0 Å². The van der Waals surface area contributed by atoms with E-state index in [-0.39, 0.29) is 5.91 Å². The molecule has 0 aliphatic rings. The lowest BCUT2D eigenvalue weighted by Gasteiger charge is -2.26. The Morgan fingerprint density at radius 3 is 2.24 bits per heavy atom. The van der Waals surface area contributed by atoms with Gasteiger partial charge >= 0.3 is 0 Å². The van der Waals surface area contributed by atoms with Gasteiger partial charge < -0.3 is 24.2 Å². The van der Waals surface area contributed by atoms with Crippen LogP contribution in [-0.4, -0.2) is 76.2 Å². The lowest BCUT2D eigenvalue weighted by Crippen LogP contribution is -2.37. The van der Waals surface area contributed by atoms with Crippen molar-refractivity contribution in [3.05, 3.63) is 71.8 Å². The number of benzene rings is 2. The maximum Gasteiger partial charge on any atom is 0.257 e. The topological polar surface area (TPSA) is 58.1 Å². The summed E-state index contributed by atoms with van der Waals surface area (Å²) in [5, 5.41) is 0. The Bertz CT molecular complexity index is 1100. The van der Waals surface area contributed by atoms with Gasteiger partial charge in [-0.05, 0) is 50.0 Å². The molecule has 0 saturated heterocycles. The molecule has 34 heavy (non-hydrogen) atoms. The minimum Gasteiger partial charge on any atom is -0.497 e. The number of nitrogens with zero attached hydrogens (tertiary/aromatic N) is 4. The predicted octanol–water partition coefficient (Wildman–Crippen LogP) is 4.04. The fraction of sp³-hybridized carbons (Fsp3) is 0.333. The summed E-state index contributed by atoms with van der Waals surface area (Å²) in [7, 11) is 11.1. The van der Waals surface area contributed by atoms with Gasteiger partial charge in [-0.3, -0.25) is 4.79 Å². The molecule has 0 spiro atoms. The number of hydrogen-bond acceptors (Lipinski definition) is 6. The lowest BCUT2D eigenvalue weighted by atomic mass is 10.1. The molecule has 0 N–H and O–H groups in total. The van der Waals surface area contributed by atoms with Gasteiger partial charge in [0.15, 0.2) is 0 Å². The summed E-state index contributed by atoms with van der Waals surface area (Å²) in [6.07, 6.45) is 0. The van der Waals surface area contributed by atoms with Crippen molar-refractivity contribution < 1.29 is 14.3 Å². The van der Waals surface area contributed by atoms with Gasteiger partial charge in [-0.1, -0.05) is 30.3 Å². The van der Waals surface area contributed by atoms with Crippen molar-refractivity contribution in [2.24, 2.45) is 0 Å². The van der Waals surface area contributed by atoms with Gasteiger partial charge in [-0.25, -0.2) is 4.98 Å². The second-order valence-electron chi connectivity index (χ2n) is 8.54. The van der Waals surface area contributed by atoms with E-state index in [1.165, 1.54) is 0 Å². The van der Waals surface area contributed by atoms with Gasteiger partial charge in [-0.15, -0.1) is 0 Å². The number of rotatable bonds is 10. The monoisotopic (exact) mass is 462 g/mol. The van der Waals surface area contributed by atoms with E-state index in [0.29, 0.717) is 41.7 Å². The van der Waals surface area contributed by atoms with Crippen LogP contribution in [0.3, 0.4) is 0 Å². The van der Waals surface area contributed by atoms with E-state index in [9.17, 15) is 4.79 Å². The minimum absolute atomic E-state index is 0.0499. The van der Waals surface area contributed by atoms with Crippen LogP contribution in [0, 0.1) is 0 Å². The van der Waals surface area contributed by atoms with Crippen molar-refractivity contribution >= 4 is 11.7 Å². The normalized spacial score (nSPS) is 10.8. The maximum absolute atomic E-state index is 13.8. The molecule has 1 heterocycles. The second-order valence-corrected chi connectivity index (χ2v) is 8.54. The summed E-state index contributed by atoms with van der Waals surface area (Å²) >= 11 is 0. The van der Waals surface area contributed by atoms with Gasteiger partial charge in [0.2, 0.25) is 0 Å². The van der Waals surface area contributed by atoms with Gasteiger partial charge in [0.05, 0.1) is 25.5 Å². The molecule has 0 unspecified atom stereocenters. The molecular weight excluding hydrogens is 428 g/mol. The predicted molar refractivity (Wildman–Crippen MR) is 137 cm³/mol. The number of anilines is 1. The molecule has 0 aliphatic carbocycles. The van der Waals surface area contributed by atoms with Crippen molar-refractivity contribution in [2.45, 2.75) is 6.54 Å². The molecule has 0 radical (unpaired) electrons. The summed E-state index contributed by atoms with van der Waals surface area (Å²) in [5.41, 5.74) is 3.16. The van der Waals surface area contributed by atoms with E-state index in [1.807, 2.05) is 98.7 Å². The highest BCUT2D eigenvalue weighted by Crippen LogP contribution is 2.34. The first-order chi connectivity index (χ1) is 16.3. The van der Waals surface area contributed by atoms with Crippen molar-refractivity contribution in [1.82, 2.24) is 14.8 Å². The first-order valence-electron chi connectivity index (χ1n) is 11.2. The summed E-state index contributed by atoms with van der Waals surface area (Å²) in [6.45, 7) is 1.91. The molecule has 180 valence electrons. The summed E-state index contributed by atoms with van der Waals surface area (Å²) in [5.74, 6) is 1.96. The van der Waals surface area contributed by atoms with Gasteiger partial charge in [0.25, 0.3) is 5.91 Å². The molecule has 0 aliphatic heterocycles. The minimum atomic E-state index is -0.0499. The van der Waals surface area contributed by atoms with Crippen LogP contribution in [-0.2, 0) is 6.54 Å². The number of aromatic nitrogens is 1. The standard InChI is InChI=1S/C27H34N4O3/c1-29(2)16-17-31(19-20-10-8-7-9-11-20)27(32)22-13-14-24(28-26(22)30(3)4)23-18-21(33-5)12-15-25(23)34-6/h7-15,18H,16-17,19H2,1-6H3. The van der Waals surface area contributed by atoms with E-state index in [4.69, 9.17) is 14.5 Å². The average molecular weight is 463 g/mol. The fourth-order valence-corrected chi connectivity index (χ4v) is 3.67. The third-order valence-corrected chi connectivity index (χ3v) is 5.53. The number of carbonyl (C=O) groups excluding carboxylic acids is 1. The second kappa shape index (κ2) is 11.5. The Morgan fingerprint density at radius 1 is 0.882 bits per heavy atom. The zero-order valence-corrected chi connectivity index (χ0v) is 20.9. The quantitative estimate of drug-likeness (QED) is 0.453. The fourth-order valence-electron chi connectivity index (χ4n) is 3.67. The Morgan fingerprint density at radius 2 is 1.62 bits per heavy atom. The Balaban J connectivity index is 2.01. The smallest absolute Gasteiger partial charge is 0.257 e. The molecule has 1 aromatic heterocycles. The van der Waals surface area contributed by atoms with E-state index in [1.54, 1.807) is 14.2 Å². The maximum atomic E-state index is 13.8. The van der Waals surface area contributed by atoms with Crippen LogP contribution in [0.25, 0.3) is 11.3 Å². The molecule has 3 aromatic rings. The number of carbonyl (C=O) groups is 1. The summed E-state index contributed by atoms with van der Waals surface area (Å²) in [6, 6.07) is 19.4. The van der Waals surface area contributed by atoms with Crippen LogP contribution in [0.4, 0.5) is 5.82 Å². The highest BCUT2D eigenvalue weighted by atomic mass is 16.5. The van der Waals surface area contributed by atoms with Crippen LogP contribution >= 0.6 is 0 Å². The van der Waals surface area contributed by atoms with E-state index < -0.39 is 0 Å². The van der Waals surface area contributed by atoms with Gasteiger partial charge in [-0.2, -0.15) is 0 Å². The van der Waals surface area contributed by atoms with E-state index in [2.05, 4.69) is 4.90 Å². The molecule has 7 nitrogen and oxygen atoms in total. The van der Waals surface area contributed by atoms with Crippen LogP contribution in [0.5, 0.6) is 11.5 Å². The zero-order valence-electron chi connectivity index (χ0n) is 20.9. The third kappa shape index (κ3) is 6.05. The summed E-state index contributed by atoms with van der Waals surface area (Å²) in [4.78, 5) is 24.4. The Hall–Kier alpha value is -3.58. The number of ether oxygens (including phenoxy) is 2. The molecule has 3 rings (SSSR count). The van der Waals surface area contributed by atoms with Crippen molar-refractivity contribution in [3.8, 4) is 22.8 Å². The van der Waals surface area contributed by atoms with Crippen molar-refractivity contribution in [2.75, 3.05) is 60.4 Å². The molecule has 1 amide bonds. The molecule has 0 fully saturated rings. The highest BCUT2D eigenvalue weighted by molar-refractivity contribution is 5.99. The molecule has 0 bridgehead atoms. The van der Waals surface area contributed by atoms with Gasteiger partial charge in [0.1, 0.15) is 17.3 Å². The van der Waals surface area contributed by atoms with Crippen LogP contribution in [0.2, 0.25) is 0 Å². The zero-order chi connectivity index (χ0) is 24.7. The van der Waals surface area contributed by atoms with Gasteiger partial charge in [0, 0.05) is 39.3 Å². The lowest BCUT2D eigenvalue weighted by molar-refractivity contribution is 0.0732. The third-order valence-electron chi connectivity index (χ3n) is 5.53. The highest BCUT2D eigenvalue weighted by Gasteiger charge is 2.23. The molecule has 2 aromatic carbocycles. The molecule has 7 heteroatoms. The summed E-state index contributed by atoms with van der Waals surface area (Å²) < 4.78 is 10.9. The largest absolute Gasteiger partial charge is 0.497 e. The van der Waals surface area contributed by atoms with Crippen molar-refractivity contribution in [1.29, 1.82) is 0 Å². The SMILES string of the molecule is COc1ccc(OC)c(-c2ccc(C(=O)N(CCN(C)C)Cc3ccccc3)c(N(C)C)n2)c1. The number of likely N-dealkylation sites (N-methyl/N-ethyl adjacent to an activating group) is 1. The molecule has 0 atom stereocenters. The Kier molecular flexibility index (Phi) is 8.49.